The first kappa shape index (κ1) is 31.0. The quantitative estimate of drug-likeness (QED) is 0.298. The van der Waals surface area contributed by atoms with E-state index in [1.54, 1.807) is 29.3 Å². The van der Waals surface area contributed by atoms with Gasteiger partial charge in [-0.25, -0.2) is 4.98 Å². The van der Waals surface area contributed by atoms with Gasteiger partial charge in [0.25, 0.3) is 5.56 Å². The van der Waals surface area contributed by atoms with Crippen LogP contribution in [0.3, 0.4) is 0 Å². The minimum absolute atomic E-state index is 0.0484. The molecule has 1 amide bonds. The van der Waals surface area contributed by atoms with Gasteiger partial charge in [0, 0.05) is 48.9 Å². The molecule has 12 nitrogen and oxygen atoms in total. The number of carbonyl (C=O) groups excluding carboxylic acids is 1. The number of fused-ring (bicyclic) bond motifs is 1. The fourth-order valence-corrected chi connectivity index (χ4v) is 5.45. The van der Waals surface area contributed by atoms with Crippen LogP contribution in [-0.4, -0.2) is 110 Å². The number of nitrogens with one attached hydrogen (secondary N) is 1. The Hall–Kier alpha value is -3.42. The van der Waals surface area contributed by atoms with Crippen molar-refractivity contribution in [3.05, 3.63) is 50.9 Å². The standard InChI is InChI=1S/C29H34Cl2N6O6/c1-35(2)7-5-6-23(38)36-13-19(14-36)43-9-8-37-27-17(12-32-29(34-27)33-18-15-42-16-18)10-20(28(37)39)24-25(30)21(40-3)11-22(41-4)26(24)31/h5-6,10-12,18-19H,7-9,13-16H2,1-4H3,(H,32,33,34)/b6-5+. The van der Waals surface area contributed by atoms with Crippen LogP contribution in [0, 0.1) is 0 Å². The second-order valence-electron chi connectivity index (χ2n) is 10.6. The zero-order valence-corrected chi connectivity index (χ0v) is 25.9. The first-order chi connectivity index (χ1) is 20.7. The van der Waals surface area contributed by atoms with Crippen LogP contribution in [0.2, 0.25) is 10.0 Å². The minimum Gasteiger partial charge on any atom is -0.495 e. The molecule has 5 rings (SSSR count). The molecule has 2 aliphatic rings. The first-order valence-electron chi connectivity index (χ1n) is 13.8. The van der Waals surface area contributed by atoms with Crippen molar-refractivity contribution >= 4 is 46.1 Å². The number of hydrogen-bond donors (Lipinski definition) is 1. The molecule has 14 heteroatoms. The van der Waals surface area contributed by atoms with Crippen LogP contribution in [0.15, 0.2) is 35.3 Å². The molecule has 230 valence electrons. The molecular formula is C29H34Cl2N6O6. The average Bonchev–Trinajstić information content (AvgIpc) is 2.93. The van der Waals surface area contributed by atoms with Crippen LogP contribution in [0.4, 0.5) is 5.95 Å². The zero-order valence-electron chi connectivity index (χ0n) is 24.4. The summed E-state index contributed by atoms with van der Waals surface area (Å²) in [7, 11) is 6.82. The number of likely N-dealkylation sites (N-methyl/N-ethyl adjacent to an activating group) is 1. The molecule has 2 aliphatic heterocycles. The maximum absolute atomic E-state index is 14.1. The van der Waals surface area contributed by atoms with Crippen molar-refractivity contribution in [3.8, 4) is 22.6 Å². The van der Waals surface area contributed by atoms with Crippen LogP contribution >= 0.6 is 23.2 Å². The van der Waals surface area contributed by atoms with Crippen LogP contribution < -0.4 is 20.3 Å². The van der Waals surface area contributed by atoms with Gasteiger partial charge in [-0.2, -0.15) is 4.98 Å². The maximum Gasteiger partial charge on any atom is 0.260 e. The van der Waals surface area contributed by atoms with Gasteiger partial charge >= 0.3 is 0 Å². The number of carbonyl (C=O) groups is 1. The lowest BCUT2D eigenvalue weighted by Gasteiger charge is -2.38. The lowest BCUT2D eigenvalue weighted by molar-refractivity contribution is -0.139. The number of benzene rings is 1. The fraction of sp³-hybridized carbons (Fsp3) is 0.448. The Labute approximate surface area is 259 Å². The van der Waals surface area contributed by atoms with Gasteiger partial charge < -0.3 is 34.1 Å². The summed E-state index contributed by atoms with van der Waals surface area (Å²) in [5.41, 5.74) is 0.573. The SMILES string of the molecule is COc1cc(OC)c(Cl)c(-c2cc3cnc(NC4COC4)nc3n(CCOC3CN(C(=O)/C=C/CN(C)C)C3)c2=O)c1Cl. The van der Waals surface area contributed by atoms with E-state index in [0.717, 1.165) is 0 Å². The van der Waals surface area contributed by atoms with Gasteiger partial charge in [-0.15, -0.1) is 0 Å². The van der Waals surface area contributed by atoms with Crippen molar-refractivity contribution in [1.29, 1.82) is 0 Å². The number of likely N-dealkylation sites (tertiary alicyclic amines) is 1. The van der Waals surface area contributed by atoms with Gasteiger partial charge in [0.1, 0.15) is 17.1 Å². The first-order valence-corrected chi connectivity index (χ1v) is 14.5. The number of aromatic nitrogens is 3. The third-order valence-electron chi connectivity index (χ3n) is 7.20. The Bertz CT molecular complexity index is 1560. The highest BCUT2D eigenvalue weighted by atomic mass is 35.5. The molecule has 43 heavy (non-hydrogen) atoms. The van der Waals surface area contributed by atoms with Gasteiger partial charge in [-0.05, 0) is 20.2 Å². The Kier molecular flexibility index (Phi) is 9.72. The Morgan fingerprint density at radius 1 is 1.16 bits per heavy atom. The predicted molar refractivity (Wildman–Crippen MR) is 165 cm³/mol. The lowest BCUT2D eigenvalue weighted by Crippen LogP contribution is -2.54. The molecular weight excluding hydrogens is 599 g/mol. The summed E-state index contributed by atoms with van der Waals surface area (Å²) in [4.78, 5) is 39.2. The summed E-state index contributed by atoms with van der Waals surface area (Å²) in [5, 5.41) is 4.18. The predicted octanol–water partition coefficient (Wildman–Crippen LogP) is 2.94. The number of pyridine rings is 1. The van der Waals surface area contributed by atoms with E-state index >= 15 is 0 Å². The molecule has 0 unspecified atom stereocenters. The Balaban J connectivity index is 1.42. The molecule has 2 fully saturated rings. The monoisotopic (exact) mass is 632 g/mol. The third kappa shape index (κ3) is 6.73. The molecule has 1 aromatic carbocycles. The number of methoxy groups -OCH3 is 2. The van der Waals surface area contributed by atoms with Gasteiger partial charge in [0.05, 0.1) is 68.3 Å². The number of hydrogen-bond acceptors (Lipinski definition) is 10. The molecule has 1 N–H and O–H groups in total. The number of amides is 1. The van der Waals surface area contributed by atoms with Gasteiger partial charge in [0.15, 0.2) is 0 Å². The summed E-state index contributed by atoms with van der Waals surface area (Å²) >= 11 is 13.4. The van der Waals surface area contributed by atoms with E-state index in [4.69, 9.17) is 42.1 Å². The van der Waals surface area contributed by atoms with Gasteiger partial charge in [0.2, 0.25) is 11.9 Å². The molecule has 3 aromatic rings. The van der Waals surface area contributed by atoms with Crippen LogP contribution in [0.5, 0.6) is 11.5 Å². The molecule has 4 heterocycles. The van der Waals surface area contributed by atoms with Crippen molar-refractivity contribution in [2.24, 2.45) is 0 Å². The van der Waals surface area contributed by atoms with Crippen molar-refractivity contribution < 1.29 is 23.7 Å². The number of nitrogens with zero attached hydrogens (tertiary/aromatic N) is 5. The second-order valence-corrected chi connectivity index (χ2v) is 11.3. The smallest absolute Gasteiger partial charge is 0.260 e. The van der Waals surface area contributed by atoms with Crippen molar-refractivity contribution in [1.82, 2.24) is 24.3 Å². The van der Waals surface area contributed by atoms with Crippen LogP contribution in [-0.2, 0) is 20.8 Å². The Morgan fingerprint density at radius 3 is 2.47 bits per heavy atom. The third-order valence-corrected chi connectivity index (χ3v) is 7.95. The van der Waals surface area contributed by atoms with E-state index in [0.29, 0.717) is 61.3 Å². The van der Waals surface area contributed by atoms with E-state index < -0.39 is 0 Å². The number of halogens is 2. The van der Waals surface area contributed by atoms with Crippen LogP contribution in [0.1, 0.15) is 0 Å². The molecule has 0 saturated carbocycles. The summed E-state index contributed by atoms with van der Waals surface area (Å²) in [5.74, 6) is 0.961. The Morgan fingerprint density at radius 2 is 1.86 bits per heavy atom. The highest BCUT2D eigenvalue weighted by molar-refractivity contribution is 6.41. The largest absolute Gasteiger partial charge is 0.495 e. The maximum atomic E-state index is 14.1. The molecule has 0 atom stereocenters. The van der Waals surface area contributed by atoms with Crippen molar-refractivity contribution in [3.63, 3.8) is 0 Å². The summed E-state index contributed by atoms with van der Waals surface area (Å²) in [6, 6.07) is 3.33. The van der Waals surface area contributed by atoms with Gasteiger partial charge in [-0.3, -0.25) is 14.2 Å². The van der Waals surface area contributed by atoms with Crippen molar-refractivity contribution in [2.45, 2.75) is 18.7 Å². The summed E-state index contributed by atoms with van der Waals surface area (Å²) < 4.78 is 23.7. The fourth-order valence-electron chi connectivity index (χ4n) is 4.74. The molecule has 2 saturated heterocycles. The topological polar surface area (TPSA) is 120 Å². The molecule has 0 bridgehead atoms. The van der Waals surface area contributed by atoms with E-state index in [9.17, 15) is 9.59 Å². The number of rotatable bonds is 12. The second kappa shape index (κ2) is 13.5. The molecule has 0 radical (unpaired) electrons. The van der Waals surface area contributed by atoms with E-state index in [-0.39, 0.29) is 57.9 Å². The summed E-state index contributed by atoms with van der Waals surface area (Å²) in [6.45, 7) is 3.17. The van der Waals surface area contributed by atoms with Gasteiger partial charge in [-0.1, -0.05) is 29.3 Å². The van der Waals surface area contributed by atoms with E-state index in [1.807, 2.05) is 25.1 Å². The highest BCUT2D eigenvalue weighted by Gasteiger charge is 2.30. The number of anilines is 1. The molecule has 2 aromatic heterocycles. The average molecular weight is 634 g/mol. The number of ether oxygens (including phenoxy) is 4. The van der Waals surface area contributed by atoms with Crippen molar-refractivity contribution in [2.75, 3.05) is 73.1 Å². The van der Waals surface area contributed by atoms with E-state index in [1.165, 1.54) is 18.8 Å². The van der Waals surface area contributed by atoms with E-state index in [2.05, 4.69) is 15.3 Å². The molecule has 0 aliphatic carbocycles. The lowest BCUT2D eigenvalue weighted by atomic mass is 10.0. The zero-order chi connectivity index (χ0) is 30.7. The summed E-state index contributed by atoms with van der Waals surface area (Å²) in [6.07, 6.45) is 4.93. The highest BCUT2D eigenvalue weighted by Crippen LogP contribution is 2.45. The normalized spacial score (nSPS) is 15.7. The molecule has 0 spiro atoms. The van der Waals surface area contributed by atoms with Crippen LogP contribution in [0.25, 0.3) is 22.2 Å². The minimum atomic E-state index is -0.372.